The molecule has 0 aliphatic carbocycles. The van der Waals surface area contributed by atoms with Crippen LogP contribution in [0.2, 0.25) is 0 Å². The summed E-state index contributed by atoms with van der Waals surface area (Å²) in [5, 5.41) is 18.5. The van der Waals surface area contributed by atoms with E-state index in [1.165, 1.54) is 36.4 Å². The molecule has 1 aliphatic heterocycles. The van der Waals surface area contributed by atoms with Gasteiger partial charge in [-0.1, -0.05) is 0 Å². The molecule has 8 heteroatoms. The monoisotopic (exact) mass is 356 g/mol. The predicted octanol–water partition coefficient (Wildman–Crippen LogP) is 2.46. The van der Waals surface area contributed by atoms with Crippen molar-refractivity contribution in [1.82, 2.24) is 15.5 Å². The van der Waals surface area contributed by atoms with Crippen LogP contribution in [-0.4, -0.2) is 42.3 Å². The maximum Gasteiger partial charge on any atom is 0.274 e. The van der Waals surface area contributed by atoms with Crippen molar-refractivity contribution in [1.29, 1.82) is 0 Å². The lowest BCUT2D eigenvalue weighted by Crippen LogP contribution is -2.26. The molecular weight excluding hydrogens is 332 g/mol. The summed E-state index contributed by atoms with van der Waals surface area (Å²) >= 11 is 3.69. The van der Waals surface area contributed by atoms with Crippen LogP contribution in [0.4, 0.5) is 0 Å². The first-order valence-corrected chi connectivity index (χ1v) is 9.84. The molecule has 2 heterocycles. The average Bonchev–Trinajstić information content (AvgIpc) is 3.18. The van der Waals surface area contributed by atoms with Crippen LogP contribution < -0.4 is 10.6 Å². The molecule has 0 unspecified atom stereocenters. The van der Waals surface area contributed by atoms with Gasteiger partial charge in [0.05, 0.1) is 4.92 Å². The number of nitrogens with zero attached hydrogens (tertiary/aromatic N) is 2. The Kier molecular flexibility index (Phi) is 7.70. The van der Waals surface area contributed by atoms with Crippen molar-refractivity contribution < 1.29 is 4.92 Å². The quantitative estimate of drug-likeness (QED) is 0.381. The molecule has 6 nitrogen and oxygen atoms in total. The number of hydrogen-bond donors (Lipinski definition) is 2. The highest BCUT2D eigenvalue weighted by Gasteiger charge is 2.12. The normalized spacial score (nSPS) is 15.8. The topological polar surface area (TPSA) is 70.4 Å². The zero-order valence-electron chi connectivity index (χ0n) is 13.4. The molecule has 23 heavy (non-hydrogen) atoms. The van der Waals surface area contributed by atoms with E-state index in [-0.39, 0.29) is 0 Å². The van der Waals surface area contributed by atoms with E-state index in [9.17, 15) is 10.1 Å². The summed E-state index contributed by atoms with van der Waals surface area (Å²) in [6.07, 6.45) is 3.62. The lowest BCUT2D eigenvalue weighted by Gasteiger charge is -2.12. The van der Waals surface area contributed by atoms with Crippen molar-refractivity contribution in [2.45, 2.75) is 25.1 Å². The summed E-state index contributed by atoms with van der Waals surface area (Å²) in [4.78, 5) is 13.9. The minimum Gasteiger partial charge on any atom is -0.370 e. The molecule has 1 fully saturated rings. The first kappa shape index (κ1) is 18.1. The van der Waals surface area contributed by atoms with Gasteiger partial charge in [-0.25, -0.2) is 0 Å². The number of thioether (sulfide) groups is 1. The Labute approximate surface area is 145 Å². The molecule has 128 valence electrons. The van der Waals surface area contributed by atoms with E-state index in [0.717, 1.165) is 24.3 Å². The van der Waals surface area contributed by atoms with Gasteiger partial charge in [0, 0.05) is 36.5 Å². The van der Waals surface area contributed by atoms with Crippen molar-refractivity contribution in [3.8, 4) is 0 Å². The lowest BCUT2D eigenvalue weighted by molar-refractivity contribution is -0.404. The molecule has 0 bridgehead atoms. The highest BCUT2D eigenvalue weighted by molar-refractivity contribution is 7.98. The predicted molar refractivity (Wildman–Crippen MR) is 97.1 cm³/mol. The molecule has 1 saturated heterocycles. The van der Waals surface area contributed by atoms with Gasteiger partial charge in [0.2, 0.25) is 0 Å². The molecular formula is C15H24N4O2S2. The van der Waals surface area contributed by atoms with Gasteiger partial charge in [-0.15, -0.1) is 11.3 Å². The summed E-state index contributed by atoms with van der Waals surface area (Å²) in [5.41, 5.74) is 1.38. The van der Waals surface area contributed by atoms with E-state index < -0.39 is 4.92 Å². The fraction of sp³-hybridized carbons (Fsp3) is 0.600. The van der Waals surface area contributed by atoms with Crippen molar-refractivity contribution in [2.24, 2.45) is 0 Å². The van der Waals surface area contributed by atoms with Crippen molar-refractivity contribution in [3.63, 3.8) is 0 Å². The Balaban J connectivity index is 1.62. The second-order valence-corrected chi connectivity index (χ2v) is 7.56. The van der Waals surface area contributed by atoms with Gasteiger partial charge in [-0.2, -0.15) is 11.8 Å². The van der Waals surface area contributed by atoms with Gasteiger partial charge < -0.3 is 10.6 Å². The van der Waals surface area contributed by atoms with Crippen LogP contribution >= 0.6 is 23.1 Å². The van der Waals surface area contributed by atoms with E-state index in [1.54, 1.807) is 7.05 Å². The van der Waals surface area contributed by atoms with E-state index >= 15 is 0 Å². The van der Waals surface area contributed by atoms with E-state index in [0.29, 0.717) is 12.4 Å². The zero-order chi connectivity index (χ0) is 16.5. The standard InChI is InChI=1S/C15H24N4O2S2/c1-16-15(10-19(20)21)17-4-7-22-11-13-8-14(23-12-13)9-18-5-2-3-6-18/h8,10,12,16-17H,2-7,9,11H2,1H3. The van der Waals surface area contributed by atoms with Crippen LogP contribution in [-0.2, 0) is 12.3 Å². The van der Waals surface area contributed by atoms with Gasteiger partial charge in [0.25, 0.3) is 6.20 Å². The smallest absolute Gasteiger partial charge is 0.274 e. The van der Waals surface area contributed by atoms with Crippen LogP contribution in [0, 0.1) is 10.1 Å². The average molecular weight is 357 g/mol. The van der Waals surface area contributed by atoms with Crippen LogP contribution in [0.3, 0.4) is 0 Å². The number of nitrogens with one attached hydrogen (secondary N) is 2. The third-order valence-corrected chi connectivity index (χ3v) is 5.62. The molecule has 2 N–H and O–H groups in total. The number of nitro groups is 1. The Morgan fingerprint density at radius 3 is 3.00 bits per heavy atom. The summed E-state index contributed by atoms with van der Waals surface area (Å²) in [6, 6.07) is 2.31. The van der Waals surface area contributed by atoms with Crippen LogP contribution in [0.5, 0.6) is 0 Å². The van der Waals surface area contributed by atoms with Crippen LogP contribution in [0.15, 0.2) is 23.5 Å². The largest absolute Gasteiger partial charge is 0.370 e. The lowest BCUT2D eigenvalue weighted by atomic mass is 10.3. The first-order chi connectivity index (χ1) is 11.2. The van der Waals surface area contributed by atoms with Gasteiger partial charge >= 0.3 is 0 Å². The fourth-order valence-corrected chi connectivity index (χ4v) is 4.33. The van der Waals surface area contributed by atoms with E-state index in [1.807, 2.05) is 23.1 Å². The molecule has 0 atom stereocenters. The highest BCUT2D eigenvalue weighted by atomic mass is 32.2. The second-order valence-electron chi connectivity index (χ2n) is 5.46. The summed E-state index contributed by atoms with van der Waals surface area (Å²) in [7, 11) is 1.67. The summed E-state index contributed by atoms with van der Waals surface area (Å²) in [6.45, 7) is 4.27. The maximum absolute atomic E-state index is 10.4. The number of likely N-dealkylation sites (tertiary alicyclic amines) is 1. The molecule has 0 amide bonds. The van der Waals surface area contributed by atoms with Crippen molar-refractivity contribution in [3.05, 3.63) is 44.0 Å². The molecule has 1 aliphatic rings. The van der Waals surface area contributed by atoms with E-state index in [2.05, 4.69) is 27.0 Å². The number of rotatable bonds is 10. The Morgan fingerprint density at radius 1 is 1.52 bits per heavy atom. The Hall–Kier alpha value is -1.25. The fourth-order valence-electron chi connectivity index (χ4n) is 2.50. The minimum atomic E-state index is -0.459. The van der Waals surface area contributed by atoms with E-state index in [4.69, 9.17) is 0 Å². The molecule has 0 saturated carbocycles. The van der Waals surface area contributed by atoms with Gasteiger partial charge in [0.15, 0.2) is 5.82 Å². The molecule has 0 aromatic carbocycles. The van der Waals surface area contributed by atoms with Crippen LogP contribution in [0.1, 0.15) is 23.3 Å². The number of hydrogen-bond acceptors (Lipinski definition) is 7. The third-order valence-electron chi connectivity index (χ3n) is 3.62. The Bertz CT molecular complexity index is 527. The third kappa shape index (κ3) is 6.80. The van der Waals surface area contributed by atoms with Gasteiger partial charge in [0.1, 0.15) is 0 Å². The van der Waals surface area contributed by atoms with Gasteiger partial charge in [-0.05, 0) is 42.9 Å². The zero-order valence-corrected chi connectivity index (χ0v) is 15.0. The summed E-state index contributed by atoms with van der Waals surface area (Å²) < 4.78 is 0. The minimum absolute atomic E-state index is 0.444. The first-order valence-electron chi connectivity index (χ1n) is 7.80. The van der Waals surface area contributed by atoms with Crippen molar-refractivity contribution >= 4 is 23.1 Å². The second kappa shape index (κ2) is 9.79. The highest BCUT2D eigenvalue weighted by Crippen LogP contribution is 2.22. The van der Waals surface area contributed by atoms with Gasteiger partial charge in [-0.3, -0.25) is 15.0 Å². The molecule has 2 rings (SSSR count). The SMILES string of the molecule is CNC(=C[N+](=O)[O-])NCCSCc1csc(CN2CCCC2)c1. The molecule has 0 spiro atoms. The van der Waals surface area contributed by atoms with Crippen LogP contribution in [0.25, 0.3) is 0 Å². The maximum atomic E-state index is 10.4. The molecule has 1 aromatic heterocycles. The van der Waals surface area contributed by atoms with Crippen molar-refractivity contribution in [2.75, 3.05) is 32.4 Å². The molecule has 0 radical (unpaired) electrons. The molecule has 1 aromatic rings. The number of thiophene rings is 1. The Morgan fingerprint density at radius 2 is 2.30 bits per heavy atom. The summed E-state index contributed by atoms with van der Waals surface area (Å²) in [5.74, 6) is 2.35.